The minimum Gasteiger partial charge on any atom is -0.460 e. The van der Waals surface area contributed by atoms with E-state index >= 15 is 0 Å². The van der Waals surface area contributed by atoms with Crippen LogP contribution in [0.15, 0.2) is 60.9 Å². The zero-order valence-corrected chi connectivity index (χ0v) is 25.6. The van der Waals surface area contributed by atoms with Gasteiger partial charge in [0.15, 0.2) is 5.15 Å². The average Bonchev–Trinajstić information content (AvgIpc) is 3.50. The van der Waals surface area contributed by atoms with E-state index in [-0.39, 0.29) is 11.6 Å². The Bertz CT molecular complexity index is 1670. The number of halogens is 2. The summed E-state index contributed by atoms with van der Waals surface area (Å²) in [7, 11) is 1.27. The summed E-state index contributed by atoms with van der Waals surface area (Å²) in [6.07, 6.45) is 3.40. The molecule has 0 fully saturated rings. The van der Waals surface area contributed by atoms with Gasteiger partial charge >= 0.3 is 12.1 Å². The predicted molar refractivity (Wildman–Crippen MR) is 163 cm³/mol. The number of carbonyl (C=O) groups is 3. The highest BCUT2D eigenvalue weighted by molar-refractivity contribution is 6.31. The minimum absolute atomic E-state index is 0.00799. The summed E-state index contributed by atoms with van der Waals surface area (Å²) < 4.78 is 11.6. The second-order valence-corrected chi connectivity index (χ2v) is 11.1. The molecule has 0 aliphatic rings. The van der Waals surface area contributed by atoms with Gasteiger partial charge < -0.3 is 14.8 Å². The highest BCUT2D eigenvalue weighted by Gasteiger charge is 2.26. The van der Waals surface area contributed by atoms with Gasteiger partial charge in [-0.25, -0.2) is 4.79 Å². The SMILES string of the molecule is COC(=O)Nc1ccc(-c2cc(C(CC(=O)OC(C)(C)C)NC(=O)/C=C/c3cc(Cl)ccc3-n3cnnn3)c(Cl)nn2)cc1. The average molecular weight is 640 g/mol. The summed E-state index contributed by atoms with van der Waals surface area (Å²) >= 11 is 12.6. The number of hydrogen-bond donors (Lipinski definition) is 2. The van der Waals surface area contributed by atoms with Crippen molar-refractivity contribution in [3.63, 3.8) is 0 Å². The molecule has 2 aromatic carbocycles. The molecular formula is C29H28Cl2N8O5. The molecule has 0 radical (unpaired) electrons. The van der Waals surface area contributed by atoms with Crippen LogP contribution < -0.4 is 10.6 Å². The Morgan fingerprint density at radius 2 is 1.80 bits per heavy atom. The van der Waals surface area contributed by atoms with E-state index in [1.807, 2.05) is 0 Å². The highest BCUT2D eigenvalue weighted by Crippen LogP contribution is 2.29. The zero-order chi connectivity index (χ0) is 31.9. The number of benzene rings is 2. The van der Waals surface area contributed by atoms with E-state index in [1.165, 1.54) is 24.2 Å². The van der Waals surface area contributed by atoms with Gasteiger partial charge in [0.1, 0.15) is 11.9 Å². The summed E-state index contributed by atoms with van der Waals surface area (Å²) in [5, 5.41) is 25.2. The fourth-order valence-corrected chi connectivity index (χ4v) is 4.39. The number of nitrogens with zero attached hydrogens (tertiary/aromatic N) is 6. The molecule has 1 atom stereocenters. The summed E-state index contributed by atoms with van der Waals surface area (Å²) in [4.78, 5) is 37.6. The standard InChI is InChI=1S/C29H28Cl2N8O5/c1-29(2,3)44-26(41)15-23(34-25(40)12-7-18-13-19(30)8-11-24(18)39-16-32-37-38-39)21-14-22(35-36-27(21)31)17-5-9-20(10-6-17)33-28(42)43-4/h5-14,16,23H,15H2,1-4H3,(H,33,42)(H,34,40)/b12-7+. The van der Waals surface area contributed by atoms with E-state index in [1.54, 1.807) is 75.4 Å². The first kappa shape index (κ1) is 32.0. The van der Waals surface area contributed by atoms with Gasteiger partial charge in [0.2, 0.25) is 5.91 Å². The van der Waals surface area contributed by atoms with Crippen LogP contribution in [0.5, 0.6) is 0 Å². The number of tetrazole rings is 1. The molecule has 44 heavy (non-hydrogen) atoms. The van der Waals surface area contributed by atoms with E-state index in [2.05, 4.69) is 41.1 Å². The molecule has 2 amide bonds. The van der Waals surface area contributed by atoms with E-state index in [4.69, 9.17) is 27.9 Å². The number of aromatic nitrogens is 6. The lowest BCUT2D eigenvalue weighted by molar-refractivity contribution is -0.155. The van der Waals surface area contributed by atoms with Crippen LogP contribution >= 0.6 is 23.2 Å². The Morgan fingerprint density at radius 3 is 2.45 bits per heavy atom. The number of methoxy groups -OCH3 is 1. The third kappa shape index (κ3) is 8.82. The smallest absolute Gasteiger partial charge is 0.411 e. The number of esters is 1. The van der Waals surface area contributed by atoms with Crippen LogP contribution in [0.3, 0.4) is 0 Å². The van der Waals surface area contributed by atoms with Gasteiger partial charge in [0.25, 0.3) is 0 Å². The van der Waals surface area contributed by atoms with E-state index in [0.717, 1.165) is 0 Å². The molecule has 2 aromatic heterocycles. The quantitative estimate of drug-likeness (QED) is 0.184. The predicted octanol–water partition coefficient (Wildman–Crippen LogP) is 5.21. The van der Waals surface area contributed by atoms with Crippen molar-refractivity contribution in [3.05, 3.63) is 82.2 Å². The fraction of sp³-hybridized carbons (Fsp3) is 0.241. The van der Waals surface area contributed by atoms with Crippen LogP contribution in [0.25, 0.3) is 23.0 Å². The Labute approximate surface area is 262 Å². The normalized spacial score (nSPS) is 12.0. The van der Waals surface area contributed by atoms with Crippen LogP contribution in [0, 0.1) is 0 Å². The first-order chi connectivity index (χ1) is 20.9. The first-order valence-corrected chi connectivity index (χ1v) is 13.9. The third-order valence-electron chi connectivity index (χ3n) is 5.87. The third-order valence-corrected chi connectivity index (χ3v) is 6.40. The lowest BCUT2D eigenvalue weighted by atomic mass is 10.0. The lowest BCUT2D eigenvalue weighted by Crippen LogP contribution is -2.32. The molecule has 15 heteroatoms. The van der Waals surface area contributed by atoms with E-state index in [0.29, 0.717) is 38.8 Å². The molecule has 0 aliphatic heterocycles. The Balaban J connectivity index is 1.62. The molecular weight excluding hydrogens is 611 g/mol. The van der Waals surface area contributed by atoms with E-state index < -0.39 is 29.6 Å². The van der Waals surface area contributed by atoms with Gasteiger partial charge in [-0.3, -0.25) is 14.9 Å². The van der Waals surface area contributed by atoms with Gasteiger partial charge in [-0.1, -0.05) is 35.3 Å². The Kier molecular flexibility index (Phi) is 10.2. The maximum Gasteiger partial charge on any atom is 0.411 e. The maximum atomic E-state index is 13.2. The van der Waals surface area contributed by atoms with Crippen LogP contribution in [0.2, 0.25) is 10.2 Å². The molecule has 1 unspecified atom stereocenters. The molecule has 4 rings (SSSR count). The van der Waals surface area contributed by atoms with Crippen LogP contribution in [-0.4, -0.2) is 61.1 Å². The fourth-order valence-electron chi connectivity index (χ4n) is 3.98. The van der Waals surface area contributed by atoms with Crippen molar-refractivity contribution in [2.75, 3.05) is 12.4 Å². The van der Waals surface area contributed by atoms with Crippen molar-refractivity contribution in [3.8, 4) is 16.9 Å². The monoisotopic (exact) mass is 638 g/mol. The molecule has 13 nitrogen and oxygen atoms in total. The van der Waals surface area contributed by atoms with Crippen molar-refractivity contribution < 1.29 is 23.9 Å². The Hall–Kier alpha value is -4.88. The first-order valence-electron chi connectivity index (χ1n) is 13.1. The van der Waals surface area contributed by atoms with Crippen LogP contribution in [-0.2, 0) is 19.1 Å². The van der Waals surface area contributed by atoms with Crippen LogP contribution in [0.4, 0.5) is 10.5 Å². The second-order valence-electron chi connectivity index (χ2n) is 10.3. The van der Waals surface area contributed by atoms with Crippen molar-refractivity contribution in [1.82, 2.24) is 35.7 Å². The largest absolute Gasteiger partial charge is 0.460 e. The number of anilines is 1. The summed E-state index contributed by atoms with van der Waals surface area (Å²) in [6, 6.07) is 12.5. The zero-order valence-electron chi connectivity index (χ0n) is 24.1. The molecule has 4 aromatic rings. The van der Waals surface area contributed by atoms with Gasteiger partial charge in [-0.05, 0) is 73.7 Å². The van der Waals surface area contributed by atoms with Crippen molar-refractivity contribution >= 4 is 52.9 Å². The number of rotatable bonds is 9. The number of ether oxygens (including phenoxy) is 2. The summed E-state index contributed by atoms with van der Waals surface area (Å²) in [5.41, 5.74) is 2.32. The number of amides is 2. The Morgan fingerprint density at radius 1 is 1.05 bits per heavy atom. The highest BCUT2D eigenvalue weighted by atomic mass is 35.5. The molecule has 0 bridgehead atoms. The topological polar surface area (TPSA) is 163 Å². The van der Waals surface area contributed by atoms with E-state index in [9.17, 15) is 14.4 Å². The summed E-state index contributed by atoms with van der Waals surface area (Å²) in [6.45, 7) is 5.23. The molecule has 228 valence electrons. The number of carbonyl (C=O) groups excluding carboxylic acids is 3. The van der Waals surface area contributed by atoms with Gasteiger partial charge in [-0.2, -0.15) is 4.68 Å². The maximum absolute atomic E-state index is 13.2. The molecule has 0 saturated heterocycles. The van der Waals surface area contributed by atoms with Gasteiger partial charge in [-0.15, -0.1) is 15.3 Å². The van der Waals surface area contributed by atoms with Gasteiger partial charge in [0, 0.05) is 33.5 Å². The molecule has 0 saturated carbocycles. The molecule has 0 aliphatic carbocycles. The minimum atomic E-state index is -0.928. The number of hydrogen-bond acceptors (Lipinski definition) is 10. The van der Waals surface area contributed by atoms with Crippen molar-refractivity contribution in [1.29, 1.82) is 0 Å². The molecule has 2 heterocycles. The van der Waals surface area contributed by atoms with Crippen LogP contribution in [0.1, 0.15) is 44.4 Å². The summed E-state index contributed by atoms with van der Waals surface area (Å²) in [5.74, 6) is -1.09. The van der Waals surface area contributed by atoms with Crippen molar-refractivity contribution in [2.45, 2.75) is 38.8 Å². The van der Waals surface area contributed by atoms with Crippen molar-refractivity contribution in [2.24, 2.45) is 0 Å². The number of nitrogens with one attached hydrogen (secondary N) is 2. The second kappa shape index (κ2) is 14.1. The molecule has 0 spiro atoms. The molecule has 2 N–H and O–H groups in total. The van der Waals surface area contributed by atoms with Gasteiger partial charge in [0.05, 0.1) is 31.0 Å². The lowest BCUT2D eigenvalue weighted by Gasteiger charge is -2.23.